The van der Waals surface area contributed by atoms with E-state index in [0.29, 0.717) is 4.47 Å². The van der Waals surface area contributed by atoms with Crippen molar-refractivity contribution in [3.8, 4) is 0 Å². The lowest BCUT2D eigenvalue weighted by molar-refractivity contribution is 0.620. The van der Waals surface area contributed by atoms with Crippen molar-refractivity contribution in [3.63, 3.8) is 0 Å². The fraction of sp³-hybridized carbons (Fsp3) is 0.400. The molecule has 0 unspecified atom stereocenters. The van der Waals surface area contributed by atoms with Gasteiger partial charge in [0, 0.05) is 13.1 Å². The summed E-state index contributed by atoms with van der Waals surface area (Å²) in [5, 5.41) is 0. The van der Waals surface area contributed by atoms with Crippen LogP contribution >= 0.6 is 15.9 Å². The molecule has 70 valence electrons. The van der Waals surface area contributed by atoms with Gasteiger partial charge in [-0.2, -0.15) is 0 Å². The van der Waals surface area contributed by atoms with Crippen molar-refractivity contribution >= 4 is 21.6 Å². The second kappa shape index (κ2) is 3.66. The van der Waals surface area contributed by atoms with Gasteiger partial charge in [-0.25, -0.2) is 4.39 Å². The summed E-state index contributed by atoms with van der Waals surface area (Å²) in [7, 11) is 0. The molecular weight excluding hydrogens is 233 g/mol. The van der Waals surface area contributed by atoms with Crippen molar-refractivity contribution in [2.24, 2.45) is 0 Å². The first-order valence-electron chi connectivity index (χ1n) is 4.48. The van der Waals surface area contributed by atoms with Gasteiger partial charge in [-0.05, 0) is 40.9 Å². The van der Waals surface area contributed by atoms with Crippen molar-refractivity contribution in [3.05, 3.63) is 28.5 Å². The van der Waals surface area contributed by atoms with Gasteiger partial charge in [-0.15, -0.1) is 0 Å². The first-order valence-corrected chi connectivity index (χ1v) is 5.27. The Kier molecular flexibility index (Phi) is 2.54. The van der Waals surface area contributed by atoms with Crippen LogP contribution in [0, 0.1) is 5.82 Å². The Hall–Kier alpha value is -0.570. The number of hydrogen-bond acceptors (Lipinski definition) is 1. The summed E-state index contributed by atoms with van der Waals surface area (Å²) in [6, 6.07) is 5.19. The Balaban J connectivity index is 2.33. The van der Waals surface area contributed by atoms with E-state index in [-0.39, 0.29) is 5.82 Å². The van der Waals surface area contributed by atoms with Crippen LogP contribution in [0.5, 0.6) is 0 Å². The van der Waals surface area contributed by atoms with Crippen LogP contribution in [0.1, 0.15) is 12.8 Å². The molecule has 0 bridgehead atoms. The third-order valence-electron chi connectivity index (χ3n) is 2.38. The van der Waals surface area contributed by atoms with Crippen molar-refractivity contribution in [2.75, 3.05) is 18.0 Å². The van der Waals surface area contributed by atoms with E-state index >= 15 is 0 Å². The average Bonchev–Trinajstić information content (AvgIpc) is 2.62. The molecule has 0 aromatic heterocycles. The van der Waals surface area contributed by atoms with E-state index in [1.165, 1.54) is 18.9 Å². The van der Waals surface area contributed by atoms with Gasteiger partial charge >= 0.3 is 0 Å². The molecule has 1 fully saturated rings. The van der Waals surface area contributed by atoms with Crippen molar-refractivity contribution in [1.82, 2.24) is 0 Å². The van der Waals surface area contributed by atoms with Gasteiger partial charge in [0.1, 0.15) is 5.82 Å². The average molecular weight is 244 g/mol. The van der Waals surface area contributed by atoms with Gasteiger partial charge in [-0.1, -0.05) is 6.07 Å². The van der Waals surface area contributed by atoms with Gasteiger partial charge in [0.2, 0.25) is 0 Å². The van der Waals surface area contributed by atoms with E-state index in [2.05, 4.69) is 20.8 Å². The summed E-state index contributed by atoms with van der Waals surface area (Å²) in [6.45, 7) is 2.09. The zero-order valence-electron chi connectivity index (χ0n) is 7.26. The van der Waals surface area contributed by atoms with Crippen LogP contribution in [0.4, 0.5) is 10.1 Å². The highest BCUT2D eigenvalue weighted by Gasteiger charge is 2.16. The highest BCUT2D eigenvalue weighted by Crippen LogP contribution is 2.30. The van der Waals surface area contributed by atoms with E-state index in [1.54, 1.807) is 6.07 Å². The van der Waals surface area contributed by atoms with Crippen molar-refractivity contribution in [2.45, 2.75) is 12.8 Å². The molecule has 13 heavy (non-hydrogen) atoms. The monoisotopic (exact) mass is 243 g/mol. The Morgan fingerprint density at radius 1 is 1.23 bits per heavy atom. The van der Waals surface area contributed by atoms with Crippen LogP contribution in [0.2, 0.25) is 0 Å². The first-order chi connectivity index (χ1) is 6.29. The third kappa shape index (κ3) is 1.70. The molecule has 1 aliphatic heterocycles. The Labute approximate surface area is 85.7 Å². The van der Waals surface area contributed by atoms with Crippen molar-refractivity contribution in [1.29, 1.82) is 0 Å². The fourth-order valence-electron chi connectivity index (χ4n) is 1.69. The highest BCUT2D eigenvalue weighted by molar-refractivity contribution is 9.10. The zero-order valence-corrected chi connectivity index (χ0v) is 8.85. The summed E-state index contributed by atoms with van der Waals surface area (Å²) < 4.78 is 13.8. The number of benzene rings is 1. The minimum Gasteiger partial charge on any atom is -0.371 e. The molecule has 1 saturated heterocycles. The van der Waals surface area contributed by atoms with Gasteiger partial charge in [-0.3, -0.25) is 0 Å². The molecule has 1 aliphatic rings. The molecule has 1 nitrogen and oxygen atoms in total. The van der Waals surface area contributed by atoms with Crippen LogP contribution in [-0.4, -0.2) is 13.1 Å². The van der Waals surface area contributed by atoms with E-state index in [0.717, 1.165) is 18.8 Å². The number of rotatable bonds is 1. The van der Waals surface area contributed by atoms with E-state index in [4.69, 9.17) is 0 Å². The van der Waals surface area contributed by atoms with Crippen molar-refractivity contribution < 1.29 is 4.39 Å². The second-order valence-electron chi connectivity index (χ2n) is 3.27. The Morgan fingerprint density at radius 2 is 1.92 bits per heavy atom. The van der Waals surface area contributed by atoms with E-state index in [9.17, 15) is 4.39 Å². The highest BCUT2D eigenvalue weighted by atomic mass is 79.9. The van der Waals surface area contributed by atoms with Gasteiger partial charge in [0.05, 0.1) is 10.2 Å². The second-order valence-corrected chi connectivity index (χ2v) is 4.06. The minimum absolute atomic E-state index is 0.176. The van der Waals surface area contributed by atoms with E-state index in [1.807, 2.05) is 6.07 Å². The molecule has 0 aliphatic carbocycles. The molecule has 0 amide bonds. The zero-order chi connectivity index (χ0) is 9.26. The largest absolute Gasteiger partial charge is 0.371 e. The summed E-state index contributed by atoms with van der Waals surface area (Å²) in [4.78, 5) is 2.22. The molecule has 3 heteroatoms. The Morgan fingerprint density at radius 3 is 2.62 bits per heavy atom. The molecule has 1 aromatic carbocycles. The summed E-state index contributed by atoms with van der Waals surface area (Å²) in [6.07, 6.45) is 2.42. The lowest BCUT2D eigenvalue weighted by Gasteiger charge is -2.19. The van der Waals surface area contributed by atoms with Crippen LogP contribution < -0.4 is 4.90 Å². The molecule has 0 atom stereocenters. The maximum Gasteiger partial charge on any atom is 0.139 e. The molecule has 1 heterocycles. The lowest BCUT2D eigenvalue weighted by Crippen LogP contribution is -2.18. The fourth-order valence-corrected chi connectivity index (χ4v) is 2.21. The SMILES string of the molecule is Fc1cccc(N2CCCC2)c1Br. The number of halogens is 2. The standard InChI is InChI=1S/C10H11BrFN/c11-10-8(12)4-3-5-9(10)13-6-1-2-7-13/h3-5H,1-2,6-7H2. The number of anilines is 1. The first kappa shape index (κ1) is 9.00. The lowest BCUT2D eigenvalue weighted by atomic mass is 10.3. The van der Waals surface area contributed by atoms with Gasteiger partial charge < -0.3 is 4.90 Å². The molecule has 0 saturated carbocycles. The quantitative estimate of drug-likeness (QED) is 0.733. The van der Waals surface area contributed by atoms with E-state index < -0.39 is 0 Å². The minimum atomic E-state index is -0.176. The summed E-state index contributed by atoms with van der Waals surface area (Å²) >= 11 is 3.27. The molecule has 2 rings (SSSR count). The predicted molar refractivity (Wildman–Crippen MR) is 55.5 cm³/mol. The number of nitrogens with zero attached hydrogens (tertiary/aromatic N) is 1. The predicted octanol–water partition coefficient (Wildman–Crippen LogP) is 3.19. The van der Waals surface area contributed by atoms with Crippen LogP contribution in [-0.2, 0) is 0 Å². The van der Waals surface area contributed by atoms with Crippen LogP contribution in [0.15, 0.2) is 22.7 Å². The molecule has 0 N–H and O–H groups in total. The maximum absolute atomic E-state index is 13.2. The summed E-state index contributed by atoms with van der Waals surface area (Å²) in [5.41, 5.74) is 0.984. The topological polar surface area (TPSA) is 3.24 Å². The normalized spacial score (nSPS) is 16.6. The van der Waals surface area contributed by atoms with Gasteiger partial charge in [0.25, 0.3) is 0 Å². The molecule has 0 radical (unpaired) electrons. The Bertz CT molecular complexity index is 308. The third-order valence-corrected chi connectivity index (χ3v) is 3.16. The smallest absolute Gasteiger partial charge is 0.139 e. The molecular formula is C10H11BrFN. The molecule has 0 spiro atoms. The van der Waals surface area contributed by atoms with Crippen LogP contribution in [0.25, 0.3) is 0 Å². The molecule has 1 aromatic rings. The number of hydrogen-bond donors (Lipinski definition) is 0. The summed E-state index contributed by atoms with van der Waals surface area (Å²) in [5.74, 6) is -0.176. The van der Waals surface area contributed by atoms with Gasteiger partial charge in [0.15, 0.2) is 0 Å². The van der Waals surface area contributed by atoms with Crippen LogP contribution in [0.3, 0.4) is 0 Å². The maximum atomic E-state index is 13.2.